The Hall–Kier alpha value is -1.59. The molecule has 2 rings (SSSR count). The molecule has 1 aromatic heterocycles. The molecule has 4 nitrogen and oxygen atoms in total. The van der Waals surface area contributed by atoms with Crippen LogP contribution >= 0.6 is 15.9 Å². The molecule has 1 heterocycles. The molecule has 0 aliphatic carbocycles. The molecule has 0 aliphatic heterocycles. The summed E-state index contributed by atoms with van der Waals surface area (Å²) in [5.74, 6) is -0.222. The number of halogens is 1. The van der Waals surface area contributed by atoms with E-state index in [2.05, 4.69) is 21.2 Å². The summed E-state index contributed by atoms with van der Waals surface area (Å²) in [6, 6.07) is 9.01. The van der Waals surface area contributed by atoms with Crippen molar-refractivity contribution in [2.45, 2.75) is 6.54 Å². The van der Waals surface area contributed by atoms with Crippen LogP contribution < -0.4 is 11.1 Å². The Bertz CT molecular complexity index is 537. The van der Waals surface area contributed by atoms with E-state index < -0.39 is 0 Å². The summed E-state index contributed by atoms with van der Waals surface area (Å²) in [4.78, 5) is 11.9. The van der Waals surface area contributed by atoms with E-state index in [1.165, 1.54) is 6.26 Å². The van der Waals surface area contributed by atoms with Crippen LogP contribution in [0, 0.1) is 0 Å². The van der Waals surface area contributed by atoms with E-state index in [-0.39, 0.29) is 5.91 Å². The number of amides is 1. The normalized spacial score (nSPS) is 10.2. The lowest BCUT2D eigenvalue weighted by molar-refractivity contribution is 0.102. The lowest BCUT2D eigenvalue weighted by Crippen LogP contribution is -2.11. The van der Waals surface area contributed by atoms with E-state index in [0.717, 1.165) is 5.56 Å². The maximum absolute atomic E-state index is 11.9. The van der Waals surface area contributed by atoms with Crippen LogP contribution in [0.1, 0.15) is 15.9 Å². The second kappa shape index (κ2) is 5.16. The zero-order chi connectivity index (χ0) is 12.3. The monoisotopic (exact) mass is 294 g/mol. The second-order valence-electron chi connectivity index (χ2n) is 3.47. The number of furan rings is 1. The van der Waals surface area contributed by atoms with E-state index in [1.807, 2.05) is 24.3 Å². The largest absolute Gasteiger partial charge is 0.457 e. The maximum atomic E-state index is 11.9. The molecule has 1 aromatic carbocycles. The summed E-state index contributed by atoms with van der Waals surface area (Å²) in [6.45, 7) is 0.444. The van der Waals surface area contributed by atoms with Crippen molar-refractivity contribution in [3.8, 4) is 0 Å². The standard InChI is InChI=1S/C12H11BrN2O2/c13-11-10(4-5-17-11)12(16)15-9-3-1-2-8(6-9)7-14/h1-6H,7,14H2,(H,15,16). The third-order valence-corrected chi connectivity index (χ3v) is 2.90. The zero-order valence-electron chi connectivity index (χ0n) is 8.94. The van der Waals surface area contributed by atoms with Crippen molar-refractivity contribution in [1.29, 1.82) is 0 Å². The zero-order valence-corrected chi connectivity index (χ0v) is 10.5. The lowest BCUT2D eigenvalue weighted by atomic mass is 10.2. The number of benzene rings is 1. The fourth-order valence-corrected chi connectivity index (χ4v) is 1.85. The van der Waals surface area contributed by atoms with Crippen molar-refractivity contribution in [1.82, 2.24) is 0 Å². The SMILES string of the molecule is NCc1cccc(NC(=O)c2ccoc2Br)c1. The van der Waals surface area contributed by atoms with Gasteiger partial charge in [-0.05, 0) is 39.7 Å². The highest BCUT2D eigenvalue weighted by atomic mass is 79.9. The first-order valence-electron chi connectivity index (χ1n) is 5.04. The van der Waals surface area contributed by atoms with E-state index >= 15 is 0 Å². The Morgan fingerprint density at radius 3 is 2.88 bits per heavy atom. The minimum atomic E-state index is -0.222. The van der Waals surface area contributed by atoms with Crippen molar-refractivity contribution < 1.29 is 9.21 Å². The molecule has 1 amide bonds. The van der Waals surface area contributed by atoms with E-state index in [4.69, 9.17) is 10.2 Å². The number of anilines is 1. The Morgan fingerprint density at radius 2 is 2.24 bits per heavy atom. The van der Waals surface area contributed by atoms with Gasteiger partial charge in [0.1, 0.15) is 0 Å². The van der Waals surface area contributed by atoms with E-state index in [1.54, 1.807) is 6.07 Å². The highest BCUT2D eigenvalue weighted by molar-refractivity contribution is 9.10. The van der Waals surface area contributed by atoms with Crippen LogP contribution in [0.15, 0.2) is 45.7 Å². The van der Waals surface area contributed by atoms with Crippen LogP contribution in [0.5, 0.6) is 0 Å². The second-order valence-corrected chi connectivity index (χ2v) is 4.19. The smallest absolute Gasteiger partial charge is 0.260 e. The first kappa shape index (κ1) is 11.9. The number of rotatable bonds is 3. The summed E-state index contributed by atoms with van der Waals surface area (Å²) in [5.41, 5.74) is 7.67. The Morgan fingerprint density at radius 1 is 1.41 bits per heavy atom. The van der Waals surface area contributed by atoms with Crippen LogP contribution in [0.4, 0.5) is 5.69 Å². The van der Waals surface area contributed by atoms with E-state index in [9.17, 15) is 4.79 Å². The number of carbonyl (C=O) groups excluding carboxylic acids is 1. The summed E-state index contributed by atoms with van der Waals surface area (Å²) in [7, 11) is 0. The average molecular weight is 295 g/mol. The summed E-state index contributed by atoms with van der Waals surface area (Å²) >= 11 is 3.16. The van der Waals surface area contributed by atoms with Gasteiger partial charge in [-0.2, -0.15) is 0 Å². The van der Waals surface area contributed by atoms with Gasteiger partial charge < -0.3 is 15.5 Å². The molecule has 17 heavy (non-hydrogen) atoms. The van der Waals surface area contributed by atoms with Gasteiger partial charge in [-0.25, -0.2) is 0 Å². The average Bonchev–Trinajstić information content (AvgIpc) is 2.76. The molecule has 88 valence electrons. The van der Waals surface area contributed by atoms with Gasteiger partial charge in [0.25, 0.3) is 5.91 Å². The van der Waals surface area contributed by atoms with Crippen LogP contribution in [-0.2, 0) is 6.54 Å². The van der Waals surface area contributed by atoms with Crippen molar-refractivity contribution in [3.05, 3.63) is 52.4 Å². The number of carbonyl (C=O) groups is 1. The Kier molecular flexibility index (Phi) is 3.61. The van der Waals surface area contributed by atoms with Crippen LogP contribution in [0.25, 0.3) is 0 Å². The van der Waals surface area contributed by atoms with Gasteiger partial charge in [0.15, 0.2) is 4.67 Å². The number of hydrogen-bond donors (Lipinski definition) is 2. The summed E-state index contributed by atoms with van der Waals surface area (Å²) < 4.78 is 5.43. The molecule has 0 atom stereocenters. The van der Waals surface area contributed by atoms with Gasteiger partial charge in [0.05, 0.1) is 11.8 Å². The fourth-order valence-electron chi connectivity index (χ4n) is 1.43. The van der Waals surface area contributed by atoms with Crippen molar-refractivity contribution in [2.75, 3.05) is 5.32 Å². The van der Waals surface area contributed by atoms with Crippen LogP contribution in [-0.4, -0.2) is 5.91 Å². The molecule has 3 N–H and O–H groups in total. The molecule has 2 aromatic rings. The van der Waals surface area contributed by atoms with Crippen molar-refractivity contribution in [2.24, 2.45) is 5.73 Å². The molecule has 0 bridgehead atoms. The quantitative estimate of drug-likeness (QED) is 0.914. The molecule has 0 spiro atoms. The number of hydrogen-bond acceptors (Lipinski definition) is 3. The Labute approximate surface area is 107 Å². The van der Waals surface area contributed by atoms with Gasteiger partial charge >= 0.3 is 0 Å². The van der Waals surface area contributed by atoms with Gasteiger partial charge in [-0.1, -0.05) is 12.1 Å². The summed E-state index contributed by atoms with van der Waals surface area (Å²) in [5, 5.41) is 2.78. The minimum Gasteiger partial charge on any atom is -0.457 e. The predicted octanol–water partition coefficient (Wildman–Crippen LogP) is 2.75. The first-order chi connectivity index (χ1) is 8.20. The van der Waals surface area contributed by atoms with E-state index in [0.29, 0.717) is 22.5 Å². The van der Waals surface area contributed by atoms with Gasteiger partial charge in [0.2, 0.25) is 0 Å². The lowest BCUT2D eigenvalue weighted by Gasteiger charge is -2.05. The molecule has 5 heteroatoms. The van der Waals surface area contributed by atoms with Crippen LogP contribution in [0.3, 0.4) is 0 Å². The Balaban J connectivity index is 2.16. The van der Waals surface area contributed by atoms with Gasteiger partial charge in [-0.15, -0.1) is 0 Å². The topological polar surface area (TPSA) is 68.3 Å². The molecule has 0 saturated heterocycles. The molecule has 0 radical (unpaired) electrons. The van der Waals surface area contributed by atoms with Gasteiger partial charge in [0, 0.05) is 12.2 Å². The van der Waals surface area contributed by atoms with Crippen molar-refractivity contribution >= 4 is 27.5 Å². The number of nitrogens with two attached hydrogens (primary N) is 1. The maximum Gasteiger partial charge on any atom is 0.260 e. The third kappa shape index (κ3) is 2.75. The third-order valence-electron chi connectivity index (χ3n) is 2.28. The highest BCUT2D eigenvalue weighted by Crippen LogP contribution is 2.19. The molecular formula is C12H11BrN2O2. The number of nitrogens with one attached hydrogen (secondary N) is 1. The highest BCUT2D eigenvalue weighted by Gasteiger charge is 2.12. The molecular weight excluding hydrogens is 284 g/mol. The summed E-state index contributed by atoms with van der Waals surface area (Å²) in [6.07, 6.45) is 1.45. The molecule has 0 unspecified atom stereocenters. The van der Waals surface area contributed by atoms with Crippen molar-refractivity contribution in [3.63, 3.8) is 0 Å². The van der Waals surface area contributed by atoms with Gasteiger partial charge in [-0.3, -0.25) is 4.79 Å². The molecule has 0 fully saturated rings. The first-order valence-corrected chi connectivity index (χ1v) is 5.83. The minimum absolute atomic E-state index is 0.222. The fraction of sp³-hybridized carbons (Fsp3) is 0.0833. The predicted molar refractivity (Wildman–Crippen MR) is 68.7 cm³/mol. The van der Waals surface area contributed by atoms with Crippen LogP contribution in [0.2, 0.25) is 0 Å². The molecule has 0 aliphatic rings. The molecule has 0 saturated carbocycles.